The van der Waals surface area contributed by atoms with Crippen molar-refractivity contribution in [2.45, 2.75) is 0 Å². The second-order valence-corrected chi connectivity index (χ2v) is 3.68. The topological polar surface area (TPSA) is 85.1 Å². The summed E-state index contributed by atoms with van der Waals surface area (Å²) in [6.07, 6.45) is 0. The number of fused-ring (bicyclic) bond motifs is 1. The Morgan fingerprint density at radius 3 is 2.78 bits per heavy atom. The minimum absolute atomic E-state index is 0.148. The molecule has 0 bridgehead atoms. The van der Waals surface area contributed by atoms with Crippen LogP contribution in [0.2, 0.25) is 0 Å². The van der Waals surface area contributed by atoms with Gasteiger partial charge in [0.05, 0.1) is 12.1 Å². The number of nitrogens with zero attached hydrogens (tertiary/aromatic N) is 1. The van der Waals surface area contributed by atoms with Gasteiger partial charge in [-0.3, -0.25) is 9.59 Å². The van der Waals surface area contributed by atoms with Crippen molar-refractivity contribution in [3.05, 3.63) is 41.8 Å². The van der Waals surface area contributed by atoms with Crippen molar-refractivity contribution in [3.8, 4) is 0 Å². The molecular formula is C12H10FN3O2. The maximum Gasteiger partial charge on any atom is 0.270 e. The number of benzene rings is 1. The predicted molar refractivity (Wildman–Crippen MR) is 63.2 cm³/mol. The first-order valence-electron chi connectivity index (χ1n) is 5.19. The number of pyridine rings is 1. The van der Waals surface area contributed by atoms with E-state index in [-0.39, 0.29) is 18.1 Å². The van der Waals surface area contributed by atoms with Crippen molar-refractivity contribution in [2.75, 3.05) is 6.54 Å². The van der Waals surface area contributed by atoms with E-state index in [9.17, 15) is 14.0 Å². The maximum absolute atomic E-state index is 12.9. The average molecular weight is 247 g/mol. The van der Waals surface area contributed by atoms with Crippen LogP contribution < -0.4 is 11.1 Å². The van der Waals surface area contributed by atoms with Crippen molar-refractivity contribution >= 4 is 22.7 Å². The Morgan fingerprint density at radius 1 is 1.28 bits per heavy atom. The van der Waals surface area contributed by atoms with Gasteiger partial charge in [0.1, 0.15) is 11.5 Å². The number of primary amides is 1. The second kappa shape index (κ2) is 4.79. The van der Waals surface area contributed by atoms with E-state index in [4.69, 9.17) is 5.73 Å². The molecule has 2 aromatic rings. The molecule has 3 N–H and O–H groups in total. The van der Waals surface area contributed by atoms with Gasteiger partial charge in [0.15, 0.2) is 0 Å². The van der Waals surface area contributed by atoms with Crippen LogP contribution in [0.4, 0.5) is 4.39 Å². The van der Waals surface area contributed by atoms with Gasteiger partial charge in [0.2, 0.25) is 5.91 Å². The Hall–Kier alpha value is -2.50. The van der Waals surface area contributed by atoms with Gasteiger partial charge in [0.25, 0.3) is 5.91 Å². The summed E-state index contributed by atoms with van der Waals surface area (Å²) in [5, 5.41) is 2.92. The molecule has 5 nitrogen and oxygen atoms in total. The lowest BCUT2D eigenvalue weighted by Gasteiger charge is -2.03. The molecule has 0 fully saturated rings. The van der Waals surface area contributed by atoms with E-state index in [0.29, 0.717) is 10.9 Å². The third kappa shape index (κ3) is 2.60. The van der Waals surface area contributed by atoms with Gasteiger partial charge in [-0.2, -0.15) is 0 Å². The van der Waals surface area contributed by atoms with Crippen LogP contribution in [-0.2, 0) is 4.79 Å². The summed E-state index contributed by atoms with van der Waals surface area (Å²) in [7, 11) is 0. The predicted octanol–water partition coefficient (Wildman–Crippen LogP) is 0.589. The van der Waals surface area contributed by atoms with Gasteiger partial charge >= 0.3 is 0 Å². The zero-order valence-corrected chi connectivity index (χ0v) is 9.31. The Kier molecular flexibility index (Phi) is 3.18. The number of carbonyl (C=O) groups is 2. The summed E-state index contributed by atoms with van der Waals surface area (Å²) in [6, 6.07) is 7.12. The number of aromatic nitrogens is 1. The molecule has 18 heavy (non-hydrogen) atoms. The number of hydrogen-bond donors (Lipinski definition) is 2. The molecule has 6 heteroatoms. The fraction of sp³-hybridized carbons (Fsp3) is 0.0833. The molecule has 0 atom stereocenters. The van der Waals surface area contributed by atoms with Gasteiger partial charge in [-0.25, -0.2) is 9.37 Å². The van der Waals surface area contributed by atoms with Crippen molar-refractivity contribution in [3.63, 3.8) is 0 Å². The van der Waals surface area contributed by atoms with E-state index in [1.807, 2.05) is 0 Å². The van der Waals surface area contributed by atoms with E-state index in [0.717, 1.165) is 0 Å². The summed E-state index contributed by atoms with van der Waals surface area (Å²) >= 11 is 0. The molecule has 0 aliphatic rings. The summed E-state index contributed by atoms with van der Waals surface area (Å²) in [5.41, 5.74) is 5.56. The third-order valence-corrected chi connectivity index (χ3v) is 2.31. The highest BCUT2D eigenvalue weighted by Gasteiger charge is 2.08. The van der Waals surface area contributed by atoms with Gasteiger partial charge in [-0.05, 0) is 24.3 Å². The lowest BCUT2D eigenvalue weighted by atomic mass is 10.2. The minimum Gasteiger partial charge on any atom is -0.368 e. The molecule has 0 unspecified atom stereocenters. The van der Waals surface area contributed by atoms with Crippen LogP contribution in [-0.4, -0.2) is 23.3 Å². The van der Waals surface area contributed by atoms with E-state index in [1.165, 1.54) is 24.3 Å². The minimum atomic E-state index is -0.633. The summed E-state index contributed by atoms with van der Waals surface area (Å²) < 4.78 is 12.9. The van der Waals surface area contributed by atoms with Crippen LogP contribution >= 0.6 is 0 Å². The SMILES string of the molecule is NC(=O)CNC(=O)c1ccc2cc(F)ccc2n1. The second-order valence-electron chi connectivity index (χ2n) is 3.68. The lowest BCUT2D eigenvalue weighted by Crippen LogP contribution is -2.33. The maximum atomic E-state index is 12.9. The zero-order valence-electron chi connectivity index (χ0n) is 9.31. The molecule has 0 radical (unpaired) electrons. The quantitative estimate of drug-likeness (QED) is 0.832. The fourth-order valence-corrected chi connectivity index (χ4v) is 1.48. The van der Waals surface area contributed by atoms with Crippen LogP contribution in [0.15, 0.2) is 30.3 Å². The van der Waals surface area contributed by atoms with Crippen molar-refractivity contribution in [1.29, 1.82) is 0 Å². The molecule has 0 aliphatic heterocycles. The van der Waals surface area contributed by atoms with E-state index in [1.54, 1.807) is 6.07 Å². The monoisotopic (exact) mass is 247 g/mol. The zero-order chi connectivity index (χ0) is 13.1. The van der Waals surface area contributed by atoms with E-state index < -0.39 is 11.8 Å². The first-order valence-corrected chi connectivity index (χ1v) is 5.19. The van der Waals surface area contributed by atoms with Gasteiger partial charge in [-0.1, -0.05) is 6.07 Å². The van der Waals surface area contributed by atoms with Gasteiger partial charge < -0.3 is 11.1 Å². The van der Waals surface area contributed by atoms with Gasteiger partial charge in [0, 0.05) is 5.39 Å². The van der Waals surface area contributed by atoms with Crippen LogP contribution in [0.1, 0.15) is 10.5 Å². The number of nitrogens with two attached hydrogens (primary N) is 1. The first kappa shape index (κ1) is 12.0. The lowest BCUT2D eigenvalue weighted by molar-refractivity contribution is -0.117. The smallest absolute Gasteiger partial charge is 0.270 e. The molecule has 2 rings (SSSR count). The summed E-state index contributed by atoms with van der Waals surface area (Å²) in [6.45, 7) is -0.248. The number of rotatable bonds is 3. The highest BCUT2D eigenvalue weighted by atomic mass is 19.1. The van der Waals surface area contributed by atoms with Crippen molar-refractivity contribution < 1.29 is 14.0 Å². The summed E-state index contributed by atoms with van der Waals surface area (Å²) in [5.74, 6) is -1.50. The Bertz CT molecular complexity index is 628. The Balaban J connectivity index is 2.27. The number of carbonyl (C=O) groups excluding carboxylic acids is 2. The van der Waals surface area contributed by atoms with E-state index >= 15 is 0 Å². The van der Waals surface area contributed by atoms with Crippen LogP contribution in [0.25, 0.3) is 10.9 Å². The third-order valence-electron chi connectivity index (χ3n) is 2.31. The molecular weight excluding hydrogens is 237 g/mol. The largest absolute Gasteiger partial charge is 0.368 e. The first-order chi connectivity index (χ1) is 8.56. The number of halogens is 1. The van der Waals surface area contributed by atoms with Crippen LogP contribution in [0.5, 0.6) is 0 Å². The van der Waals surface area contributed by atoms with Gasteiger partial charge in [-0.15, -0.1) is 0 Å². The van der Waals surface area contributed by atoms with Crippen LogP contribution in [0.3, 0.4) is 0 Å². The van der Waals surface area contributed by atoms with Crippen molar-refractivity contribution in [1.82, 2.24) is 10.3 Å². The molecule has 1 aromatic carbocycles. The molecule has 1 aromatic heterocycles. The molecule has 0 aliphatic carbocycles. The number of nitrogens with one attached hydrogen (secondary N) is 1. The Morgan fingerprint density at radius 2 is 2.06 bits per heavy atom. The highest BCUT2D eigenvalue weighted by Crippen LogP contribution is 2.13. The fourth-order valence-electron chi connectivity index (χ4n) is 1.48. The molecule has 2 amide bonds. The highest BCUT2D eigenvalue weighted by molar-refractivity contribution is 5.96. The Labute approximate surface area is 102 Å². The van der Waals surface area contributed by atoms with E-state index in [2.05, 4.69) is 10.3 Å². The number of hydrogen-bond acceptors (Lipinski definition) is 3. The molecule has 0 saturated heterocycles. The average Bonchev–Trinajstić information content (AvgIpc) is 2.35. The molecule has 0 spiro atoms. The standard InChI is InChI=1S/C12H10FN3O2/c13-8-2-4-9-7(5-8)1-3-10(16-9)12(18)15-6-11(14)17/h1-5H,6H2,(H2,14,17)(H,15,18). The molecule has 1 heterocycles. The molecule has 92 valence electrons. The molecule has 0 saturated carbocycles. The van der Waals surface area contributed by atoms with Crippen molar-refractivity contribution in [2.24, 2.45) is 5.73 Å². The van der Waals surface area contributed by atoms with Crippen LogP contribution in [0, 0.1) is 5.82 Å². The normalized spacial score (nSPS) is 10.3. The summed E-state index contributed by atoms with van der Waals surface area (Å²) in [4.78, 5) is 26.2. The number of amides is 2.